The lowest BCUT2D eigenvalue weighted by Gasteiger charge is -2.26. The lowest BCUT2D eigenvalue weighted by molar-refractivity contribution is -0.158. The molecule has 0 saturated carbocycles. The molecule has 0 bridgehead atoms. The maximum absolute atomic E-state index is 12.2. The van der Waals surface area contributed by atoms with Gasteiger partial charge >= 0.3 is 5.97 Å². The van der Waals surface area contributed by atoms with Gasteiger partial charge in [-0.1, -0.05) is 30.3 Å². The molecule has 2 N–H and O–H groups in total. The summed E-state index contributed by atoms with van der Waals surface area (Å²) in [7, 11) is 0. The summed E-state index contributed by atoms with van der Waals surface area (Å²) >= 11 is 0. The number of esters is 1. The van der Waals surface area contributed by atoms with E-state index in [9.17, 15) is 19.8 Å². The maximum Gasteiger partial charge on any atom is 0.314 e. The third-order valence-electron chi connectivity index (χ3n) is 3.71. The van der Waals surface area contributed by atoms with Gasteiger partial charge in [-0.25, -0.2) is 0 Å². The minimum Gasteiger partial charge on any atom is -0.466 e. The summed E-state index contributed by atoms with van der Waals surface area (Å²) in [5.41, 5.74) is 0.376. The van der Waals surface area contributed by atoms with Gasteiger partial charge in [0, 0.05) is 31.1 Å². The normalized spacial score (nSPS) is 14.6. The lowest BCUT2D eigenvalue weighted by atomic mass is 9.90. The second-order valence-corrected chi connectivity index (χ2v) is 5.43. The molecule has 0 aliphatic heterocycles. The van der Waals surface area contributed by atoms with Crippen LogP contribution in [0.5, 0.6) is 0 Å². The topological polar surface area (TPSA) is 88.8 Å². The summed E-state index contributed by atoms with van der Waals surface area (Å²) < 4.78 is 6.59. The molecule has 1 heterocycles. The summed E-state index contributed by atoms with van der Waals surface area (Å²) in [6, 6.07) is 11.4. The van der Waals surface area contributed by atoms with Crippen LogP contribution in [0.2, 0.25) is 0 Å². The third-order valence-corrected chi connectivity index (χ3v) is 3.71. The van der Waals surface area contributed by atoms with Crippen LogP contribution in [0.3, 0.4) is 0 Å². The summed E-state index contributed by atoms with van der Waals surface area (Å²) in [6.07, 6.45) is 0.659. The predicted octanol–water partition coefficient (Wildman–Crippen LogP) is 1.12. The van der Waals surface area contributed by atoms with Crippen molar-refractivity contribution in [1.82, 2.24) is 4.57 Å². The Labute approximate surface area is 139 Å². The lowest BCUT2D eigenvalue weighted by Crippen LogP contribution is -2.37. The monoisotopic (exact) mass is 331 g/mol. The van der Waals surface area contributed by atoms with Gasteiger partial charge in [-0.3, -0.25) is 9.59 Å². The zero-order chi connectivity index (χ0) is 17.5. The van der Waals surface area contributed by atoms with Crippen LogP contribution in [0.4, 0.5) is 0 Å². The number of benzene rings is 1. The molecule has 3 unspecified atom stereocenters. The Kier molecular flexibility index (Phi) is 6.28. The molecule has 128 valence electrons. The Morgan fingerprint density at radius 1 is 1.12 bits per heavy atom. The van der Waals surface area contributed by atoms with Gasteiger partial charge in [0.2, 0.25) is 0 Å². The van der Waals surface area contributed by atoms with E-state index in [0.29, 0.717) is 5.56 Å². The van der Waals surface area contributed by atoms with Crippen LogP contribution in [0, 0.1) is 5.92 Å². The van der Waals surface area contributed by atoms with Crippen molar-refractivity contribution in [2.75, 3.05) is 6.61 Å². The number of carbonyl (C=O) groups is 1. The summed E-state index contributed by atoms with van der Waals surface area (Å²) in [6.45, 7) is 1.87. The van der Waals surface area contributed by atoms with E-state index in [4.69, 9.17) is 4.74 Å². The number of aliphatic hydroxyl groups excluding tert-OH is 2. The number of pyridine rings is 1. The van der Waals surface area contributed by atoms with Crippen molar-refractivity contribution < 1.29 is 19.7 Å². The fourth-order valence-electron chi connectivity index (χ4n) is 2.49. The molecule has 2 rings (SSSR count). The first-order valence-electron chi connectivity index (χ1n) is 7.76. The highest BCUT2D eigenvalue weighted by atomic mass is 16.5. The molecule has 24 heavy (non-hydrogen) atoms. The van der Waals surface area contributed by atoms with Crippen LogP contribution in [0.1, 0.15) is 18.6 Å². The van der Waals surface area contributed by atoms with Gasteiger partial charge in [-0.15, -0.1) is 0 Å². The zero-order valence-electron chi connectivity index (χ0n) is 13.4. The smallest absolute Gasteiger partial charge is 0.314 e. The largest absolute Gasteiger partial charge is 0.466 e. The maximum atomic E-state index is 12.2. The molecule has 3 atom stereocenters. The van der Waals surface area contributed by atoms with Gasteiger partial charge in [0.25, 0.3) is 0 Å². The van der Waals surface area contributed by atoms with Crippen LogP contribution in [-0.4, -0.2) is 33.5 Å². The average Bonchev–Trinajstić information content (AvgIpc) is 2.58. The van der Waals surface area contributed by atoms with Crippen LogP contribution in [-0.2, 0) is 16.1 Å². The fourth-order valence-corrected chi connectivity index (χ4v) is 2.49. The third kappa shape index (κ3) is 4.53. The van der Waals surface area contributed by atoms with E-state index in [1.807, 2.05) is 0 Å². The molecule has 0 radical (unpaired) electrons. The molecule has 0 aliphatic carbocycles. The average molecular weight is 331 g/mol. The minimum atomic E-state index is -1.19. The summed E-state index contributed by atoms with van der Waals surface area (Å²) in [4.78, 5) is 23.4. The van der Waals surface area contributed by atoms with E-state index in [-0.39, 0.29) is 18.6 Å². The number of carbonyl (C=O) groups excluding carboxylic acids is 1. The molecular weight excluding hydrogens is 310 g/mol. The van der Waals surface area contributed by atoms with Crippen molar-refractivity contribution in [3.05, 3.63) is 70.6 Å². The Hall–Kier alpha value is -2.44. The number of aliphatic hydroxyl groups is 2. The van der Waals surface area contributed by atoms with Gasteiger partial charge in [-0.2, -0.15) is 0 Å². The number of ether oxygens (including phenoxy) is 1. The summed E-state index contributed by atoms with van der Waals surface area (Å²) in [5.74, 6) is -1.80. The highest BCUT2D eigenvalue weighted by molar-refractivity contribution is 5.74. The van der Waals surface area contributed by atoms with Gasteiger partial charge in [-0.05, 0) is 12.5 Å². The van der Waals surface area contributed by atoms with Crippen molar-refractivity contribution in [2.45, 2.75) is 25.7 Å². The van der Waals surface area contributed by atoms with E-state index in [1.54, 1.807) is 41.8 Å². The fraction of sp³-hybridized carbons (Fsp3) is 0.333. The zero-order valence-corrected chi connectivity index (χ0v) is 13.4. The molecule has 0 saturated heterocycles. The number of hydrogen-bond donors (Lipinski definition) is 2. The van der Waals surface area contributed by atoms with Crippen LogP contribution in [0.25, 0.3) is 0 Å². The molecular formula is C18H21NO5. The van der Waals surface area contributed by atoms with Crippen LogP contribution in [0.15, 0.2) is 59.7 Å². The Morgan fingerprint density at radius 3 is 2.33 bits per heavy atom. The first-order chi connectivity index (χ1) is 11.5. The van der Waals surface area contributed by atoms with E-state index in [2.05, 4.69) is 0 Å². The highest BCUT2D eigenvalue weighted by Crippen LogP contribution is 2.27. The molecule has 6 heteroatoms. The molecule has 0 amide bonds. The highest BCUT2D eigenvalue weighted by Gasteiger charge is 2.35. The van der Waals surface area contributed by atoms with Gasteiger partial charge in [0.15, 0.2) is 5.43 Å². The predicted molar refractivity (Wildman–Crippen MR) is 88.2 cm³/mol. The van der Waals surface area contributed by atoms with Crippen LogP contribution >= 0.6 is 0 Å². The first kappa shape index (κ1) is 17.9. The van der Waals surface area contributed by atoms with Crippen LogP contribution < -0.4 is 5.43 Å². The summed E-state index contributed by atoms with van der Waals surface area (Å²) in [5, 5.41) is 21.1. The second kappa shape index (κ2) is 8.42. The molecule has 0 aliphatic rings. The van der Waals surface area contributed by atoms with Gasteiger partial charge < -0.3 is 19.5 Å². The number of nitrogens with zero attached hydrogens (tertiary/aromatic N) is 1. The minimum absolute atomic E-state index is 0.0493. The molecule has 6 nitrogen and oxygen atoms in total. The quantitative estimate of drug-likeness (QED) is 0.742. The molecule has 1 aromatic carbocycles. The molecule has 0 fully saturated rings. The number of rotatable bonds is 7. The molecule has 0 spiro atoms. The molecule has 1 aromatic heterocycles. The van der Waals surface area contributed by atoms with E-state index < -0.39 is 24.1 Å². The Bertz CT molecular complexity index is 692. The standard InChI is InChI=1S/C18H21NO5/c1-2-24-18(23)16(17(22)13-6-4-3-5-7-13)15(21)12-19-10-8-14(20)9-11-19/h3-11,15-17,21-22H,2,12H2,1H3. The van der Waals surface area contributed by atoms with E-state index in [0.717, 1.165) is 0 Å². The van der Waals surface area contributed by atoms with Gasteiger partial charge in [0.1, 0.15) is 5.92 Å². The van der Waals surface area contributed by atoms with Crippen molar-refractivity contribution in [2.24, 2.45) is 5.92 Å². The molecule has 2 aromatic rings. The first-order valence-corrected chi connectivity index (χ1v) is 7.76. The van der Waals surface area contributed by atoms with E-state index >= 15 is 0 Å². The van der Waals surface area contributed by atoms with E-state index in [1.165, 1.54) is 24.5 Å². The van der Waals surface area contributed by atoms with Crippen molar-refractivity contribution >= 4 is 5.97 Å². The van der Waals surface area contributed by atoms with Crippen molar-refractivity contribution in [3.8, 4) is 0 Å². The second-order valence-electron chi connectivity index (χ2n) is 5.43. The Balaban J connectivity index is 2.22. The Morgan fingerprint density at radius 2 is 1.75 bits per heavy atom. The SMILES string of the molecule is CCOC(=O)C(C(O)Cn1ccc(=O)cc1)C(O)c1ccccc1. The van der Waals surface area contributed by atoms with Crippen molar-refractivity contribution in [3.63, 3.8) is 0 Å². The number of hydrogen-bond acceptors (Lipinski definition) is 5. The van der Waals surface area contributed by atoms with Crippen molar-refractivity contribution in [1.29, 1.82) is 0 Å². The number of aromatic nitrogens is 1. The van der Waals surface area contributed by atoms with Gasteiger partial charge in [0.05, 0.1) is 18.8 Å².